The van der Waals surface area contributed by atoms with E-state index in [1.54, 1.807) is 12.1 Å². The van der Waals surface area contributed by atoms with Crippen LogP contribution < -0.4 is 5.32 Å². The number of nitrogens with one attached hydrogen (secondary N) is 1. The summed E-state index contributed by atoms with van der Waals surface area (Å²) in [6, 6.07) is 7.30. The van der Waals surface area contributed by atoms with Gasteiger partial charge in [0.15, 0.2) is 0 Å². The fraction of sp³-hybridized carbons (Fsp3) is 0.500. The second kappa shape index (κ2) is 5.72. The maximum absolute atomic E-state index is 10.2. The van der Waals surface area contributed by atoms with Gasteiger partial charge in [-0.05, 0) is 35.7 Å². The van der Waals surface area contributed by atoms with Gasteiger partial charge in [-0.1, -0.05) is 12.1 Å². The quantitative estimate of drug-likeness (QED) is 0.775. The van der Waals surface area contributed by atoms with Crippen LogP contribution >= 0.6 is 0 Å². The van der Waals surface area contributed by atoms with Crippen molar-refractivity contribution >= 4 is 5.69 Å². The Morgan fingerprint density at radius 2 is 2.19 bits per heavy atom. The number of ether oxygens (including phenoxy) is 1. The molecule has 0 aliphatic carbocycles. The summed E-state index contributed by atoms with van der Waals surface area (Å²) in [5.74, 6) is 0. The fourth-order valence-electron chi connectivity index (χ4n) is 1.86. The molecule has 0 amide bonds. The zero-order valence-corrected chi connectivity index (χ0v) is 9.19. The summed E-state index contributed by atoms with van der Waals surface area (Å²) in [4.78, 5) is 10.2. The largest absolute Gasteiger partial charge is 0.377 e. The maximum Gasteiger partial charge on any atom is 0.108 e. The van der Waals surface area contributed by atoms with Gasteiger partial charge in [0, 0.05) is 19.7 Å². The molecule has 1 N–H and O–H groups in total. The van der Waals surface area contributed by atoms with Crippen molar-refractivity contribution in [1.82, 2.24) is 5.32 Å². The van der Waals surface area contributed by atoms with E-state index >= 15 is 0 Å². The Morgan fingerprint density at radius 3 is 2.81 bits per heavy atom. The molecule has 1 aliphatic rings. The topological polar surface area (TPSA) is 50.7 Å². The molecule has 1 fully saturated rings. The van der Waals surface area contributed by atoms with E-state index in [1.165, 1.54) is 6.42 Å². The molecule has 4 heteroatoms. The third kappa shape index (κ3) is 3.12. The van der Waals surface area contributed by atoms with Gasteiger partial charge in [0.05, 0.1) is 6.10 Å². The van der Waals surface area contributed by atoms with Crippen molar-refractivity contribution in [1.29, 1.82) is 0 Å². The van der Waals surface area contributed by atoms with Crippen molar-refractivity contribution < 1.29 is 4.74 Å². The van der Waals surface area contributed by atoms with Crippen LogP contribution in [0.4, 0.5) is 5.69 Å². The summed E-state index contributed by atoms with van der Waals surface area (Å²) in [5, 5.41) is 6.21. The zero-order valence-electron chi connectivity index (χ0n) is 9.19. The average molecular weight is 220 g/mol. The first-order valence-corrected chi connectivity index (χ1v) is 5.63. The van der Waals surface area contributed by atoms with Gasteiger partial charge in [-0.3, -0.25) is 0 Å². The first-order chi connectivity index (χ1) is 7.88. The molecule has 1 aromatic carbocycles. The molecule has 0 aromatic heterocycles. The first-order valence-electron chi connectivity index (χ1n) is 5.63. The predicted octanol–water partition coefficient (Wildman–Crippen LogP) is 2.35. The molecule has 1 aromatic rings. The molecular formula is C12H16N2O2. The van der Waals surface area contributed by atoms with Gasteiger partial charge >= 0.3 is 0 Å². The Bertz CT molecular complexity index is 331. The van der Waals surface area contributed by atoms with Crippen LogP contribution in [-0.2, 0) is 11.3 Å². The van der Waals surface area contributed by atoms with Crippen molar-refractivity contribution in [2.75, 3.05) is 13.2 Å². The maximum atomic E-state index is 10.2. The lowest BCUT2D eigenvalue weighted by Gasteiger charge is -2.10. The molecule has 0 bridgehead atoms. The minimum Gasteiger partial charge on any atom is -0.377 e. The summed E-state index contributed by atoms with van der Waals surface area (Å²) >= 11 is 0. The van der Waals surface area contributed by atoms with Crippen LogP contribution in [0.3, 0.4) is 0 Å². The van der Waals surface area contributed by atoms with E-state index in [-0.39, 0.29) is 0 Å². The highest BCUT2D eigenvalue weighted by Gasteiger charge is 2.14. The van der Waals surface area contributed by atoms with Crippen LogP contribution in [0.25, 0.3) is 0 Å². The molecule has 1 atom stereocenters. The molecular weight excluding hydrogens is 204 g/mol. The van der Waals surface area contributed by atoms with Crippen LogP contribution in [0.2, 0.25) is 0 Å². The Kier molecular flexibility index (Phi) is 4.02. The van der Waals surface area contributed by atoms with Gasteiger partial charge in [0.1, 0.15) is 5.69 Å². The van der Waals surface area contributed by atoms with Crippen molar-refractivity contribution in [3.8, 4) is 0 Å². The smallest absolute Gasteiger partial charge is 0.108 e. The normalized spacial score (nSPS) is 19.9. The molecule has 4 nitrogen and oxygen atoms in total. The number of rotatable bonds is 5. The highest BCUT2D eigenvalue weighted by molar-refractivity contribution is 5.38. The van der Waals surface area contributed by atoms with E-state index in [1.807, 2.05) is 12.1 Å². The van der Waals surface area contributed by atoms with Gasteiger partial charge in [0.2, 0.25) is 0 Å². The lowest BCUT2D eigenvalue weighted by Crippen LogP contribution is -2.25. The lowest BCUT2D eigenvalue weighted by molar-refractivity contribution is 0.110. The van der Waals surface area contributed by atoms with E-state index in [4.69, 9.17) is 4.74 Å². The first kappa shape index (κ1) is 11.2. The van der Waals surface area contributed by atoms with E-state index in [0.717, 1.165) is 31.7 Å². The molecule has 0 unspecified atom stereocenters. The van der Waals surface area contributed by atoms with Crippen LogP contribution in [0.15, 0.2) is 29.4 Å². The Balaban J connectivity index is 1.73. The van der Waals surface area contributed by atoms with Gasteiger partial charge in [0.25, 0.3) is 0 Å². The second-order valence-electron chi connectivity index (χ2n) is 4.02. The molecule has 1 heterocycles. The molecule has 1 aliphatic heterocycles. The number of nitrogens with zero attached hydrogens (tertiary/aromatic N) is 1. The fourth-order valence-corrected chi connectivity index (χ4v) is 1.86. The van der Waals surface area contributed by atoms with Gasteiger partial charge in [-0.25, -0.2) is 0 Å². The number of benzene rings is 1. The van der Waals surface area contributed by atoms with E-state index in [2.05, 4.69) is 10.5 Å². The van der Waals surface area contributed by atoms with Gasteiger partial charge in [-0.15, -0.1) is 4.91 Å². The molecule has 86 valence electrons. The number of nitroso groups, excluding NO2 is 1. The van der Waals surface area contributed by atoms with Crippen molar-refractivity contribution in [3.63, 3.8) is 0 Å². The standard InChI is InChI=1S/C12H16N2O2/c15-14-11-5-3-10(4-6-11)8-13-9-12-2-1-7-16-12/h3-6,12-13H,1-2,7-9H2/t12-/m1/s1. The average Bonchev–Trinajstić information content (AvgIpc) is 2.83. The van der Waals surface area contributed by atoms with Crippen molar-refractivity contribution in [2.24, 2.45) is 5.18 Å². The minimum atomic E-state index is 0.371. The van der Waals surface area contributed by atoms with E-state index in [9.17, 15) is 4.91 Å². The third-order valence-electron chi connectivity index (χ3n) is 2.77. The summed E-state index contributed by atoms with van der Waals surface area (Å²) in [6.45, 7) is 2.60. The third-order valence-corrected chi connectivity index (χ3v) is 2.77. The summed E-state index contributed by atoms with van der Waals surface area (Å²) in [7, 11) is 0. The number of hydrogen-bond donors (Lipinski definition) is 1. The Morgan fingerprint density at radius 1 is 1.38 bits per heavy atom. The predicted molar refractivity (Wildman–Crippen MR) is 62.6 cm³/mol. The highest BCUT2D eigenvalue weighted by Crippen LogP contribution is 2.13. The van der Waals surface area contributed by atoms with Gasteiger partial charge < -0.3 is 10.1 Å². The van der Waals surface area contributed by atoms with Gasteiger partial charge in [-0.2, -0.15) is 0 Å². The van der Waals surface area contributed by atoms with Crippen LogP contribution in [0, 0.1) is 4.91 Å². The van der Waals surface area contributed by atoms with E-state index in [0.29, 0.717) is 11.8 Å². The monoisotopic (exact) mass is 220 g/mol. The van der Waals surface area contributed by atoms with Crippen LogP contribution in [0.1, 0.15) is 18.4 Å². The Hall–Kier alpha value is -1.26. The molecule has 1 saturated heterocycles. The number of hydrogen-bond acceptors (Lipinski definition) is 4. The minimum absolute atomic E-state index is 0.371. The Labute approximate surface area is 95.0 Å². The lowest BCUT2D eigenvalue weighted by atomic mass is 10.2. The van der Waals surface area contributed by atoms with E-state index < -0.39 is 0 Å². The second-order valence-corrected chi connectivity index (χ2v) is 4.02. The summed E-state index contributed by atoms with van der Waals surface area (Å²) < 4.78 is 5.51. The van der Waals surface area contributed by atoms with Crippen molar-refractivity contribution in [3.05, 3.63) is 34.7 Å². The molecule has 16 heavy (non-hydrogen) atoms. The molecule has 0 radical (unpaired) electrons. The zero-order chi connectivity index (χ0) is 11.2. The molecule has 0 saturated carbocycles. The van der Waals surface area contributed by atoms with Crippen LogP contribution in [-0.4, -0.2) is 19.3 Å². The SMILES string of the molecule is O=Nc1ccc(CNC[C@H]2CCCO2)cc1. The molecule has 0 spiro atoms. The van der Waals surface area contributed by atoms with Crippen LogP contribution in [0.5, 0.6) is 0 Å². The summed E-state index contributed by atoms with van der Waals surface area (Å²) in [5.41, 5.74) is 1.63. The molecule has 2 rings (SSSR count). The summed E-state index contributed by atoms with van der Waals surface area (Å²) in [6.07, 6.45) is 2.70. The van der Waals surface area contributed by atoms with Crippen molar-refractivity contribution in [2.45, 2.75) is 25.5 Å². The highest BCUT2D eigenvalue weighted by atomic mass is 16.5.